The molecule has 2 heteroatoms. The molecule has 4 unspecified atom stereocenters. The Labute approximate surface area is 124 Å². The van der Waals surface area contributed by atoms with E-state index in [0.29, 0.717) is 12.1 Å². The minimum atomic E-state index is 0.459. The second-order valence-corrected chi connectivity index (χ2v) is 6.80. The molecule has 1 aromatic rings. The zero-order chi connectivity index (χ0) is 14.5. The Bertz CT molecular complexity index is 388. The molecule has 0 amide bonds. The average molecular weight is 274 g/mol. The molecule has 1 N–H and O–H groups in total. The van der Waals surface area contributed by atoms with Gasteiger partial charge in [-0.15, -0.1) is 0 Å². The van der Waals surface area contributed by atoms with E-state index >= 15 is 0 Å². The highest BCUT2D eigenvalue weighted by molar-refractivity contribution is 5.19. The third-order valence-electron chi connectivity index (χ3n) is 4.84. The fourth-order valence-electron chi connectivity index (χ4n) is 3.35. The Balaban J connectivity index is 1.95. The highest BCUT2D eigenvalue weighted by Gasteiger charge is 2.26. The van der Waals surface area contributed by atoms with E-state index in [9.17, 15) is 0 Å². The molecule has 0 aliphatic heterocycles. The average Bonchev–Trinajstić information content (AvgIpc) is 2.43. The molecule has 1 saturated carbocycles. The fraction of sp³-hybridized carbons (Fsp3) is 0.667. The van der Waals surface area contributed by atoms with E-state index in [2.05, 4.69) is 68.5 Å². The molecule has 1 aromatic carbocycles. The van der Waals surface area contributed by atoms with E-state index in [-0.39, 0.29) is 0 Å². The van der Waals surface area contributed by atoms with Crippen LogP contribution >= 0.6 is 0 Å². The van der Waals surface area contributed by atoms with Crippen molar-refractivity contribution < 1.29 is 0 Å². The number of nitrogens with one attached hydrogen (secondary N) is 1. The number of benzene rings is 1. The zero-order valence-corrected chi connectivity index (χ0v) is 13.5. The Hall–Kier alpha value is -0.860. The first-order valence-electron chi connectivity index (χ1n) is 8.02. The Kier molecular flexibility index (Phi) is 5.62. The number of nitrogens with zero attached hydrogens (tertiary/aromatic N) is 1. The SMILES string of the molecule is CC1CCC(C)C(NCC(c2ccccc2)N(C)C)C1. The number of likely N-dealkylation sites (N-methyl/N-ethyl adjacent to an activating group) is 1. The monoisotopic (exact) mass is 274 g/mol. The van der Waals surface area contributed by atoms with Gasteiger partial charge in [-0.3, -0.25) is 0 Å². The maximum absolute atomic E-state index is 3.84. The topological polar surface area (TPSA) is 15.3 Å². The van der Waals surface area contributed by atoms with Crippen LogP contribution in [-0.4, -0.2) is 31.6 Å². The summed E-state index contributed by atoms with van der Waals surface area (Å²) in [6.07, 6.45) is 4.10. The third-order valence-corrected chi connectivity index (χ3v) is 4.84. The summed E-state index contributed by atoms with van der Waals surface area (Å²) in [4.78, 5) is 2.32. The van der Waals surface area contributed by atoms with Crippen molar-refractivity contribution in [3.63, 3.8) is 0 Å². The lowest BCUT2D eigenvalue weighted by molar-refractivity contribution is 0.205. The van der Waals surface area contributed by atoms with Crippen molar-refractivity contribution in [2.75, 3.05) is 20.6 Å². The predicted octanol–water partition coefficient (Wildman–Crippen LogP) is 3.70. The van der Waals surface area contributed by atoms with Gasteiger partial charge in [-0.2, -0.15) is 0 Å². The van der Waals surface area contributed by atoms with Crippen molar-refractivity contribution in [2.24, 2.45) is 11.8 Å². The number of hydrogen-bond donors (Lipinski definition) is 1. The summed E-state index contributed by atoms with van der Waals surface area (Å²) >= 11 is 0. The molecule has 1 aliphatic carbocycles. The molecule has 0 radical (unpaired) electrons. The van der Waals surface area contributed by atoms with Gasteiger partial charge in [0.25, 0.3) is 0 Å². The summed E-state index contributed by atoms with van der Waals surface area (Å²) in [7, 11) is 4.35. The molecule has 4 atom stereocenters. The fourth-order valence-corrected chi connectivity index (χ4v) is 3.35. The molecular weight excluding hydrogens is 244 g/mol. The maximum Gasteiger partial charge on any atom is 0.0466 e. The van der Waals surface area contributed by atoms with Crippen LogP contribution in [0.1, 0.15) is 44.7 Å². The van der Waals surface area contributed by atoms with Crippen LogP contribution in [0, 0.1) is 11.8 Å². The minimum Gasteiger partial charge on any atom is -0.312 e. The highest BCUT2D eigenvalue weighted by atomic mass is 15.1. The summed E-state index contributed by atoms with van der Waals surface area (Å²) in [6.45, 7) is 5.83. The van der Waals surface area contributed by atoms with Gasteiger partial charge < -0.3 is 10.2 Å². The Morgan fingerprint density at radius 1 is 1.15 bits per heavy atom. The van der Waals surface area contributed by atoms with Gasteiger partial charge >= 0.3 is 0 Å². The third kappa shape index (κ3) is 4.07. The van der Waals surface area contributed by atoms with Crippen molar-refractivity contribution in [1.29, 1.82) is 0 Å². The summed E-state index contributed by atoms with van der Waals surface area (Å²) in [5, 5.41) is 3.84. The second-order valence-electron chi connectivity index (χ2n) is 6.80. The van der Waals surface area contributed by atoms with Crippen LogP contribution in [-0.2, 0) is 0 Å². The van der Waals surface area contributed by atoms with Crippen molar-refractivity contribution in [3.8, 4) is 0 Å². The number of hydrogen-bond acceptors (Lipinski definition) is 2. The summed E-state index contributed by atoms with van der Waals surface area (Å²) in [5.41, 5.74) is 1.40. The van der Waals surface area contributed by atoms with Crippen LogP contribution in [0.25, 0.3) is 0 Å². The van der Waals surface area contributed by atoms with Crippen LogP contribution in [0.3, 0.4) is 0 Å². The summed E-state index contributed by atoms with van der Waals surface area (Å²) in [6, 6.07) is 12.0. The molecular formula is C18H30N2. The van der Waals surface area contributed by atoms with Crippen molar-refractivity contribution >= 4 is 0 Å². The molecule has 0 spiro atoms. The Morgan fingerprint density at radius 3 is 2.50 bits per heavy atom. The highest BCUT2D eigenvalue weighted by Crippen LogP contribution is 2.29. The minimum absolute atomic E-state index is 0.459. The standard InChI is InChI=1S/C18H30N2/c1-14-10-11-15(2)17(12-14)19-13-18(20(3)4)16-8-6-5-7-9-16/h5-9,14-15,17-19H,10-13H2,1-4H3. The lowest BCUT2D eigenvalue weighted by Gasteiger charge is -2.35. The molecule has 0 heterocycles. The van der Waals surface area contributed by atoms with Gasteiger partial charge in [-0.05, 0) is 44.3 Å². The summed E-state index contributed by atoms with van der Waals surface area (Å²) in [5.74, 6) is 1.68. The molecule has 112 valence electrons. The van der Waals surface area contributed by atoms with Crippen LogP contribution < -0.4 is 5.32 Å². The first kappa shape index (κ1) is 15.5. The van der Waals surface area contributed by atoms with Gasteiger partial charge in [0.15, 0.2) is 0 Å². The first-order chi connectivity index (χ1) is 9.58. The van der Waals surface area contributed by atoms with E-state index in [0.717, 1.165) is 18.4 Å². The van der Waals surface area contributed by atoms with Crippen LogP contribution in [0.5, 0.6) is 0 Å². The lowest BCUT2D eigenvalue weighted by Crippen LogP contribution is -2.43. The van der Waals surface area contributed by atoms with Gasteiger partial charge in [0.1, 0.15) is 0 Å². The van der Waals surface area contributed by atoms with Gasteiger partial charge in [0.2, 0.25) is 0 Å². The van der Waals surface area contributed by atoms with E-state index < -0.39 is 0 Å². The first-order valence-corrected chi connectivity index (χ1v) is 8.02. The molecule has 0 aromatic heterocycles. The van der Waals surface area contributed by atoms with Gasteiger partial charge in [0.05, 0.1) is 0 Å². The molecule has 2 rings (SSSR count). The van der Waals surface area contributed by atoms with E-state index in [4.69, 9.17) is 0 Å². The van der Waals surface area contributed by atoms with Crippen molar-refractivity contribution in [3.05, 3.63) is 35.9 Å². The lowest BCUT2D eigenvalue weighted by atomic mass is 9.80. The predicted molar refractivity (Wildman–Crippen MR) is 86.8 cm³/mol. The number of rotatable bonds is 5. The van der Waals surface area contributed by atoms with Gasteiger partial charge in [-0.25, -0.2) is 0 Å². The molecule has 2 nitrogen and oxygen atoms in total. The molecule has 1 fully saturated rings. The molecule has 0 saturated heterocycles. The van der Waals surface area contributed by atoms with Crippen LogP contribution in [0.4, 0.5) is 0 Å². The zero-order valence-electron chi connectivity index (χ0n) is 13.5. The second kappa shape index (κ2) is 7.24. The smallest absolute Gasteiger partial charge is 0.0466 e. The van der Waals surface area contributed by atoms with E-state index in [1.54, 1.807) is 0 Å². The van der Waals surface area contributed by atoms with Crippen LogP contribution in [0.2, 0.25) is 0 Å². The van der Waals surface area contributed by atoms with Gasteiger partial charge in [0, 0.05) is 18.6 Å². The van der Waals surface area contributed by atoms with E-state index in [1.807, 2.05) is 0 Å². The largest absolute Gasteiger partial charge is 0.312 e. The molecule has 20 heavy (non-hydrogen) atoms. The van der Waals surface area contributed by atoms with Crippen LogP contribution in [0.15, 0.2) is 30.3 Å². The summed E-state index contributed by atoms with van der Waals surface area (Å²) < 4.78 is 0. The Morgan fingerprint density at radius 2 is 1.85 bits per heavy atom. The molecule has 1 aliphatic rings. The molecule has 0 bridgehead atoms. The van der Waals surface area contributed by atoms with Gasteiger partial charge in [-0.1, -0.05) is 50.6 Å². The van der Waals surface area contributed by atoms with Crippen molar-refractivity contribution in [2.45, 2.75) is 45.2 Å². The normalized spacial score (nSPS) is 28.6. The maximum atomic E-state index is 3.84. The van der Waals surface area contributed by atoms with Crippen molar-refractivity contribution in [1.82, 2.24) is 10.2 Å². The quantitative estimate of drug-likeness (QED) is 0.880. The van der Waals surface area contributed by atoms with E-state index in [1.165, 1.54) is 24.8 Å².